The summed E-state index contributed by atoms with van der Waals surface area (Å²) in [6, 6.07) is -2.87. The molecule has 9 N–H and O–H groups in total. The van der Waals surface area contributed by atoms with Crippen LogP contribution in [0.4, 0.5) is 0 Å². The van der Waals surface area contributed by atoms with Crippen LogP contribution in [-0.4, -0.2) is 104 Å². The molecule has 54 heavy (non-hydrogen) atoms. The van der Waals surface area contributed by atoms with E-state index in [1.165, 1.54) is 11.3 Å². The first-order valence-electron chi connectivity index (χ1n) is 20.9. The molecule has 3 saturated carbocycles. The molecular weight excluding hydrogens is 690 g/mol. The fourth-order valence-electron chi connectivity index (χ4n) is 8.17. The molecule has 0 aliphatic heterocycles. The number of rotatable bonds is 22. The van der Waals surface area contributed by atoms with Crippen molar-refractivity contribution in [1.82, 2.24) is 20.9 Å². The van der Waals surface area contributed by atoms with Crippen molar-refractivity contribution in [3.8, 4) is 0 Å². The zero-order valence-electron chi connectivity index (χ0n) is 33.8. The summed E-state index contributed by atoms with van der Waals surface area (Å²) in [4.78, 5) is 68.4. The lowest BCUT2D eigenvalue weighted by molar-refractivity contribution is -0.147. The van der Waals surface area contributed by atoms with Crippen molar-refractivity contribution >= 4 is 29.5 Å². The third-order valence-corrected chi connectivity index (χ3v) is 11.9. The Morgan fingerprint density at radius 1 is 0.815 bits per heavy atom. The highest BCUT2D eigenvalue weighted by molar-refractivity contribution is 5.94. The Morgan fingerprint density at radius 3 is 2.00 bits per heavy atom. The zero-order chi connectivity index (χ0) is 39.8. The Morgan fingerprint density at radius 2 is 1.43 bits per heavy atom. The fourth-order valence-corrected chi connectivity index (χ4v) is 8.17. The summed E-state index contributed by atoms with van der Waals surface area (Å²) in [5.41, 5.74) is 17.0. The van der Waals surface area contributed by atoms with Crippen LogP contribution in [-0.2, 0) is 33.4 Å². The van der Waals surface area contributed by atoms with Gasteiger partial charge in [-0.05, 0) is 57.3 Å². The first-order valence-corrected chi connectivity index (χ1v) is 20.9. The van der Waals surface area contributed by atoms with Crippen molar-refractivity contribution in [2.45, 2.75) is 173 Å². The molecule has 3 rings (SSSR count). The van der Waals surface area contributed by atoms with Crippen molar-refractivity contribution in [3.05, 3.63) is 0 Å². The number of nitrogens with zero attached hydrogens (tertiary/aromatic N) is 1. The van der Waals surface area contributed by atoms with Gasteiger partial charge in [-0.15, -0.1) is 0 Å². The van der Waals surface area contributed by atoms with E-state index in [2.05, 4.69) is 16.0 Å². The van der Waals surface area contributed by atoms with Crippen LogP contribution in [0.1, 0.15) is 130 Å². The SMILES string of the molecule is CCC[C@@H](C(=O)N[C@H](C(=O)N[C@@H](CN)C(N)=O)C1CCCCCC1)N(C)C(=O)[C@H](C)[C@@H](CC1CCCCC1)OC[C@@H](C)NC(=O)[C@@H](C)CO[C@H]1C[C@H](N)C1. The fraction of sp³-hybridized carbons (Fsp3) is 0.875. The monoisotopic (exact) mass is 764 g/mol. The van der Waals surface area contributed by atoms with Gasteiger partial charge in [-0.3, -0.25) is 24.0 Å². The maximum Gasteiger partial charge on any atom is 0.243 e. The maximum atomic E-state index is 14.3. The van der Waals surface area contributed by atoms with Gasteiger partial charge in [0.2, 0.25) is 29.5 Å². The first-order chi connectivity index (χ1) is 25.7. The van der Waals surface area contributed by atoms with E-state index in [9.17, 15) is 24.0 Å². The average molecular weight is 764 g/mol. The van der Waals surface area contributed by atoms with Crippen LogP contribution in [0, 0.1) is 23.7 Å². The van der Waals surface area contributed by atoms with E-state index in [1.54, 1.807) is 7.05 Å². The van der Waals surface area contributed by atoms with Crippen LogP contribution in [0.2, 0.25) is 0 Å². The lowest BCUT2D eigenvalue weighted by Crippen LogP contribution is -2.60. The molecule has 3 aliphatic rings. The molecule has 0 unspecified atom stereocenters. The number of nitrogens with two attached hydrogens (primary N) is 3. The van der Waals surface area contributed by atoms with E-state index in [1.807, 2.05) is 27.7 Å². The smallest absolute Gasteiger partial charge is 0.243 e. The summed E-state index contributed by atoms with van der Waals surface area (Å²) in [7, 11) is 1.65. The molecule has 5 amide bonds. The molecule has 7 atom stereocenters. The summed E-state index contributed by atoms with van der Waals surface area (Å²) in [5, 5.41) is 8.70. The van der Waals surface area contributed by atoms with Gasteiger partial charge in [0.25, 0.3) is 0 Å². The van der Waals surface area contributed by atoms with Gasteiger partial charge in [0, 0.05) is 25.7 Å². The Balaban J connectivity index is 1.70. The Hall–Kier alpha value is -2.81. The molecular formula is C40H73N7O7. The van der Waals surface area contributed by atoms with Gasteiger partial charge in [0.1, 0.15) is 18.1 Å². The highest BCUT2D eigenvalue weighted by Gasteiger charge is 2.38. The summed E-state index contributed by atoms with van der Waals surface area (Å²) in [6.45, 7) is 7.97. The van der Waals surface area contributed by atoms with E-state index in [-0.39, 0.29) is 55.0 Å². The average Bonchev–Trinajstić information content (AvgIpc) is 3.43. The minimum absolute atomic E-state index is 0.111. The van der Waals surface area contributed by atoms with Gasteiger partial charge in [0.15, 0.2) is 0 Å². The van der Waals surface area contributed by atoms with Crippen molar-refractivity contribution in [3.63, 3.8) is 0 Å². The zero-order valence-corrected chi connectivity index (χ0v) is 33.8. The van der Waals surface area contributed by atoms with Gasteiger partial charge < -0.3 is 47.5 Å². The molecule has 3 fully saturated rings. The molecule has 0 saturated heterocycles. The lowest BCUT2D eigenvalue weighted by Gasteiger charge is -2.36. The molecule has 0 bridgehead atoms. The minimum Gasteiger partial charge on any atom is -0.377 e. The number of nitrogens with one attached hydrogen (secondary N) is 3. The number of carbonyl (C=O) groups excluding carboxylic acids is 5. The number of carbonyl (C=O) groups is 5. The summed E-state index contributed by atoms with van der Waals surface area (Å²) in [6.07, 6.45) is 14.3. The van der Waals surface area contributed by atoms with E-state index >= 15 is 0 Å². The maximum absolute atomic E-state index is 14.3. The van der Waals surface area contributed by atoms with Gasteiger partial charge in [0.05, 0.1) is 37.3 Å². The second-order valence-electron chi connectivity index (χ2n) is 16.6. The second kappa shape index (κ2) is 23.3. The van der Waals surface area contributed by atoms with E-state index in [0.717, 1.165) is 77.0 Å². The molecule has 0 radical (unpaired) electrons. The molecule has 0 aromatic heterocycles. The summed E-state index contributed by atoms with van der Waals surface area (Å²) >= 11 is 0. The number of amides is 5. The van der Waals surface area contributed by atoms with Crippen molar-refractivity contribution in [1.29, 1.82) is 0 Å². The Kier molecular flexibility index (Phi) is 19.7. The normalized spacial score (nSPS) is 23.6. The van der Waals surface area contributed by atoms with Crippen LogP contribution in [0.5, 0.6) is 0 Å². The number of likely N-dealkylation sites (N-methyl/N-ethyl adjacent to an activating group) is 1. The quantitative estimate of drug-likeness (QED) is 0.0892. The Bertz CT molecular complexity index is 1190. The molecule has 0 aromatic carbocycles. The summed E-state index contributed by atoms with van der Waals surface area (Å²) < 4.78 is 12.3. The van der Waals surface area contributed by atoms with Gasteiger partial charge in [-0.2, -0.15) is 0 Å². The third kappa shape index (κ3) is 14.4. The predicted octanol–water partition coefficient (Wildman–Crippen LogP) is 2.64. The van der Waals surface area contributed by atoms with Crippen molar-refractivity contribution in [2.75, 3.05) is 26.8 Å². The van der Waals surface area contributed by atoms with Crippen molar-refractivity contribution in [2.24, 2.45) is 40.9 Å². The molecule has 14 nitrogen and oxygen atoms in total. The van der Waals surface area contributed by atoms with Crippen LogP contribution in [0.3, 0.4) is 0 Å². The van der Waals surface area contributed by atoms with E-state index in [0.29, 0.717) is 31.8 Å². The molecule has 0 heterocycles. The first kappa shape index (κ1) is 45.6. The van der Waals surface area contributed by atoms with Gasteiger partial charge in [-0.1, -0.05) is 85.0 Å². The lowest BCUT2D eigenvalue weighted by atomic mass is 9.82. The second-order valence-corrected chi connectivity index (χ2v) is 16.6. The topological polar surface area (TPSA) is 221 Å². The standard InChI is InChI=1S/C40H73N7O7/c1-6-14-33(38(50)46-35(29-17-12-7-8-13-18-29)39(51)45-32(22-41)36(43)48)47(5)40(52)27(4)34(19-28-15-10-9-11-16-28)54-24-26(3)44-37(49)25(2)23-53-31-20-30(42)21-31/h25-35H,6-24,41-42H2,1-5H3,(H2,43,48)(H,44,49)(H,45,51)(H,46,50)/t25-,26+,27+,30-,31-,32-,33-,34+,35-/m0/s1. The number of ether oxygens (including phenoxy) is 2. The van der Waals surface area contributed by atoms with E-state index < -0.39 is 47.9 Å². The molecule has 310 valence electrons. The van der Waals surface area contributed by atoms with Gasteiger partial charge >= 0.3 is 0 Å². The Labute approximate surface area is 323 Å². The molecule has 14 heteroatoms. The van der Waals surface area contributed by atoms with Crippen LogP contribution in [0.15, 0.2) is 0 Å². The highest BCUT2D eigenvalue weighted by Crippen LogP contribution is 2.31. The van der Waals surface area contributed by atoms with Crippen LogP contribution < -0.4 is 33.2 Å². The number of primary amides is 1. The minimum atomic E-state index is -1.05. The number of hydrogen-bond acceptors (Lipinski definition) is 9. The van der Waals surface area contributed by atoms with Crippen LogP contribution >= 0.6 is 0 Å². The number of hydrogen-bond donors (Lipinski definition) is 6. The van der Waals surface area contributed by atoms with Gasteiger partial charge in [-0.25, -0.2) is 0 Å². The van der Waals surface area contributed by atoms with Crippen molar-refractivity contribution < 1.29 is 33.4 Å². The molecule has 0 spiro atoms. The molecule has 0 aromatic rings. The third-order valence-electron chi connectivity index (χ3n) is 11.9. The molecule has 3 aliphatic carbocycles. The predicted molar refractivity (Wildman–Crippen MR) is 209 cm³/mol. The van der Waals surface area contributed by atoms with Crippen LogP contribution in [0.25, 0.3) is 0 Å². The summed E-state index contributed by atoms with van der Waals surface area (Å²) in [5.74, 6) is -2.55. The highest BCUT2D eigenvalue weighted by atomic mass is 16.5. The van der Waals surface area contributed by atoms with E-state index in [4.69, 9.17) is 26.7 Å². The largest absolute Gasteiger partial charge is 0.377 e.